The van der Waals surface area contributed by atoms with Crippen LogP contribution in [-0.4, -0.2) is 70.1 Å². The lowest BCUT2D eigenvalue weighted by molar-refractivity contribution is 0.182. The van der Waals surface area contributed by atoms with Gasteiger partial charge in [-0.1, -0.05) is 12.1 Å². The number of fused-ring (bicyclic) bond motifs is 1. The lowest BCUT2D eigenvalue weighted by Gasteiger charge is -2.29. The Balaban J connectivity index is 1.50. The van der Waals surface area contributed by atoms with E-state index in [1.807, 2.05) is 19.2 Å². The fourth-order valence-electron chi connectivity index (χ4n) is 4.21. The van der Waals surface area contributed by atoms with Gasteiger partial charge in [-0.05, 0) is 19.5 Å². The van der Waals surface area contributed by atoms with Crippen LogP contribution in [0.25, 0.3) is 0 Å². The number of hydrogen-bond donors (Lipinski definition) is 1. The maximum Gasteiger partial charge on any atom is 0.165 e. The fourth-order valence-corrected chi connectivity index (χ4v) is 4.21. The van der Waals surface area contributed by atoms with Crippen LogP contribution >= 0.6 is 0 Å². The van der Waals surface area contributed by atoms with Gasteiger partial charge in [0.25, 0.3) is 0 Å². The third kappa shape index (κ3) is 3.40. The minimum atomic E-state index is -0.284. The van der Waals surface area contributed by atoms with E-state index in [-0.39, 0.29) is 12.1 Å². The summed E-state index contributed by atoms with van der Waals surface area (Å²) in [6.07, 6.45) is 0.438. The molecule has 8 nitrogen and oxygen atoms in total. The number of β-amino-alcohol motifs (C(OH)–C–C–N with tert-alkyl or cyclic N) is 1. The van der Waals surface area contributed by atoms with Gasteiger partial charge in [-0.25, -0.2) is 0 Å². The molecule has 1 saturated heterocycles. The Labute approximate surface area is 159 Å². The zero-order chi connectivity index (χ0) is 19.0. The predicted molar refractivity (Wildman–Crippen MR) is 99.7 cm³/mol. The van der Waals surface area contributed by atoms with Gasteiger partial charge in [-0.15, -0.1) is 10.2 Å². The normalized spacial score (nSPS) is 23.4. The Hall–Kier alpha value is -2.16. The summed E-state index contributed by atoms with van der Waals surface area (Å²) in [6, 6.07) is 6.11. The molecule has 146 valence electrons. The molecule has 2 aliphatic rings. The van der Waals surface area contributed by atoms with E-state index in [1.54, 1.807) is 14.2 Å². The molecule has 0 amide bonds. The van der Waals surface area contributed by atoms with Crippen molar-refractivity contribution in [2.45, 2.75) is 38.2 Å². The summed E-state index contributed by atoms with van der Waals surface area (Å²) in [6.45, 7) is 3.97. The number of likely N-dealkylation sites (N-methyl/N-ethyl adjacent to an activating group) is 1. The van der Waals surface area contributed by atoms with Gasteiger partial charge >= 0.3 is 0 Å². The number of aliphatic hydroxyl groups excluding tert-OH is 1. The maximum absolute atomic E-state index is 9.94. The molecule has 2 atom stereocenters. The molecule has 0 radical (unpaired) electrons. The van der Waals surface area contributed by atoms with Gasteiger partial charge in [0.2, 0.25) is 0 Å². The number of hydrogen-bond acceptors (Lipinski definition) is 7. The summed E-state index contributed by atoms with van der Waals surface area (Å²) in [4.78, 5) is 4.51. The van der Waals surface area contributed by atoms with Crippen LogP contribution in [0.15, 0.2) is 18.2 Å². The van der Waals surface area contributed by atoms with Crippen molar-refractivity contribution in [3.63, 3.8) is 0 Å². The molecular weight excluding hydrogens is 346 g/mol. The topological polar surface area (TPSA) is 75.9 Å². The lowest BCUT2D eigenvalue weighted by atomic mass is 10.1. The molecule has 2 aromatic rings. The maximum atomic E-state index is 9.94. The van der Waals surface area contributed by atoms with E-state index in [1.165, 1.54) is 0 Å². The van der Waals surface area contributed by atoms with Crippen molar-refractivity contribution in [2.24, 2.45) is 0 Å². The number of nitrogens with zero attached hydrogens (tertiary/aromatic N) is 5. The number of aromatic nitrogens is 3. The molecule has 1 N–H and O–H groups in total. The van der Waals surface area contributed by atoms with E-state index in [0.717, 1.165) is 61.3 Å². The van der Waals surface area contributed by atoms with Gasteiger partial charge in [0.05, 0.1) is 32.9 Å². The molecule has 1 fully saturated rings. The average Bonchev–Trinajstić information content (AvgIpc) is 3.23. The number of ether oxygens (including phenoxy) is 2. The fraction of sp³-hybridized carbons (Fsp3) is 0.579. The molecule has 1 aromatic heterocycles. The van der Waals surface area contributed by atoms with Crippen LogP contribution in [0.5, 0.6) is 11.5 Å². The van der Waals surface area contributed by atoms with Crippen LogP contribution in [0.2, 0.25) is 0 Å². The SMILES string of the molecule is COc1cccc(CN2CCn3c(nnc3[C@@H]3C[C@@H](O)CN3C)C2)c1OC. The van der Waals surface area contributed by atoms with Crippen LogP contribution in [-0.2, 0) is 19.6 Å². The minimum Gasteiger partial charge on any atom is -0.493 e. The first-order valence-electron chi connectivity index (χ1n) is 9.33. The zero-order valence-electron chi connectivity index (χ0n) is 16.1. The molecule has 27 heavy (non-hydrogen) atoms. The molecular formula is C19H27N5O3. The number of para-hydroxylation sites is 1. The van der Waals surface area contributed by atoms with E-state index in [9.17, 15) is 5.11 Å². The summed E-state index contributed by atoms with van der Waals surface area (Å²) in [5, 5.41) is 18.8. The Morgan fingerprint density at radius 1 is 1.19 bits per heavy atom. The van der Waals surface area contributed by atoms with Crippen LogP contribution in [0.3, 0.4) is 0 Å². The third-order valence-electron chi connectivity index (χ3n) is 5.56. The summed E-state index contributed by atoms with van der Waals surface area (Å²) in [5.41, 5.74) is 1.10. The molecule has 0 unspecified atom stereocenters. The van der Waals surface area contributed by atoms with Crippen molar-refractivity contribution in [1.29, 1.82) is 0 Å². The van der Waals surface area contributed by atoms with Gasteiger partial charge in [0, 0.05) is 31.7 Å². The molecule has 1 aromatic carbocycles. The van der Waals surface area contributed by atoms with Crippen molar-refractivity contribution in [1.82, 2.24) is 24.6 Å². The summed E-state index contributed by atoms with van der Waals surface area (Å²) in [7, 11) is 5.36. The second-order valence-electron chi connectivity index (χ2n) is 7.33. The molecule has 8 heteroatoms. The second kappa shape index (κ2) is 7.46. The number of aliphatic hydroxyl groups is 1. The van der Waals surface area contributed by atoms with Crippen LogP contribution < -0.4 is 9.47 Å². The van der Waals surface area contributed by atoms with Gasteiger partial charge in [0.15, 0.2) is 17.3 Å². The third-order valence-corrected chi connectivity index (χ3v) is 5.56. The molecule has 0 saturated carbocycles. The van der Waals surface area contributed by atoms with Crippen molar-refractivity contribution < 1.29 is 14.6 Å². The predicted octanol–water partition coefficient (Wildman–Crippen LogP) is 1.05. The molecule has 3 heterocycles. The van der Waals surface area contributed by atoms with Gasteiger partial charge in [0.1, 0.15) is 5.82 Å². The average molecular weight is 373 g/mol. The Kier molecular flexibility index (Phi) is 5.03. The van der Waals surface area contributed by atoms with Crippen molar-refractivity contribution in [2.75, 3.05) is 34.4 Å². The molecule has 4 rings (SSSR count). The largest absolute Gasteiger partial charge is 0.493 e. The highest BCUT2D eigenvalue weighted by molar-refractivity contribution is 5.46. The number of methoxy groups -OCH3 is 2. The molecule has 0 spiro atoms. The first-order chi connectivity index (χ1) is 13.1. The highest BCUT2D eigenvalue weighted by atomic mass is 16.5. The zero-order valence-corrected chi connectivity index (χ0v) is 16.1. The van der Waals surface area contributed by atoms with E-state index >= 15 is 0 Å². The van der Waals surface area contributed by atoms with Crippen molar-refractivity contribution in [3.05, 3.63) is 35.4 Å². The monoisotopic (exact) mass is 373 g/mol. The Morgan fingerprint density at radius 3 is 2.74 bits per heavy atom. The first-order valence-corrected chi connectivity index (χ1v) is 9.33. The standard InChI is InChI=1S/C19H27N5O3/c1-22-11-14(25)9-15(22)19-21-20-17-12-23(7-8-24(17)19)10-13-5-4-6-16(26-2)18(13)27-3/h4-6,14-15,25H,7-12H2,1-3H3/t14-,15+/m1/s1. The highest BCUT2D eigenvalue weighted by Gasteiger charge is 2.34. The summed E-state index contributed by atoms with van der Waals surface area (Å²) >= 11 is 0. The van der Waals surface area contributed by atoms with Gasteiger partial charge in [-0.3, -0.25) is 9.80 Å². The van der Waals surface area contributed by atoms with Crippen LogP contribution in [0.4, 0.5) is 0 Å². The number of benzene rings is 1. The lowest BCUT2D eigenvalue weighted by Crippen LogP contribution is -2.35. The van der Waals surface area contributed by atoms with Crippen molar-refractivity contribution in [3.8, 4) is 11.5 Å². The van der Waals surface area contributed by atoms with E-state index in [4.69, 9.17) is 9.47 Å². The second-order valence-corrected chi connectivity index (χ2v) is 7.33. The quantitative estimate of drug-likeness (QED) is 0.839. The van der Waals surface area contributed by atoms with Gasteiger partial charge in [-0.2, -0.15) is 0 Å². The molecule has 2 aliphatic heterocycles. The van der Waals surface area contributed by atoms with E-state index in [0.29, 0.717) is 6.54 Å². The molecule has 0 bridgehead atoms. The van der Waals surface area contributed by atoms with E-state index < -0.39 is 0 Å². The summed E-state index contributed by atoms with van der Waals surface area (Å²) < 4.78 is 13.2. The number of rotatable bonds is 5. The smallest absolute Gasteiger partial charge is 0.165 e. The molecule has 0 aliphatic carbocycles. The Morgan fingerprint density at radius 2 is 2.04 bits per heavy atom. The first kappa shape index (κ1) is 18.2. The van der Waals surface area contributed by atoms with E-state index in [2.05, 4.69) is 30.6 Å². The minimum absolute atomic E-state index is 0.145. The van der Waals surface area contributed by atoms with Gasteiger partial charge < -0.3 is 19.1 Å². The van der Waals surface area contributed by atoms with Crippen LogP contribution in [0, 0.1) is 0 Å². The Bertz CT molecular complexity index is 809. The van der Waals surface area contributed by atoms with Crippen LogP contribution in [0.1, 0.15) is 29.7 Å². The number of likely N-dealkylation sites (tertiary alicyclic amines) is 1. The van der Waals surface area contributed by atoms with Crippen molar-refractivity contribution >= 4 is 0 Å². The highest BCUT2D eigenvalue weighted by Crippen LogP contribution is 2.33. The summed E-state index contributed by atoms with van der Waals surface area (Å²) in [5.74, 6) is 3.49.